The third-order valence-electron chi connectivity index (χ3n) is 1.55. The van der Waals surface area contributed by atoms with E-state index in [0.717, 1.165) is 0 Å². The second kappa shape index (κ2) is 2.49. The Labute approximate surface area is 64.0 Å². The number of alkyl halides is 1. The zero-order valence-corrected chi connectivity index (χ0v) is 6.17. The maximum atomic E-state index is 13.1. The monoisotopic (exact) mass is 156 g/mol. The van der Waals surface area contributed by atoms with E-state index in [-0.39, 0.29) is 12.0 Å². The molecule has 1 atom stereocenters. The number of halogens is 1. The van der Waals surface area contributed by atoms with Gasteiger partial charge in [-0.3, -0.25) is 0 Å². The maximum Gasteiger partial charge on any atom is 0.331 e. The molecule has 0 heterocycles. The first-order valence-electron chi connectivity index (χ1n) is 3.32. The summed E-state index contributed by atoms with van der Waals surface area (Å²) < 4.78 is 13.1. The lowest BCUT2D eigenvalue weighted by atomic mass is 9.93. The molecule has 0 aliphatic heterocycles. The van der Waals surface area contributed by atoms with Crippen LogP contribution in [0.3, 0.4) is 0 Å². The van der Waals surface area contributed by atoms with Gasteiger partial charge in [0.05, 0.1) is 0 Å². The molecule has 0 fully saturated rings. The number of rotatable bonds is 1. The molecule has 0 bridgehead atoms. The van der Waals surface area contributed by atoms with Crippen molar-refractivity contribution < 1.29 is 14.3 Å². The van der Waals surface area contributed by atoms with Gasteiger partial charge in [0, 0.05) is 12.0 Å². The van der Waals surface area contributed by atoms with Crippen LogP contribution in [0.5, 0.6) is 0 Å². The summed E-state index contributed by atoms with van der Waals surface area (Å²) >= 11 is 0. The van der Waals surface area contributed by atoms with Crippen molar-refractivity contribution in [2.45, 2.75) is 19.0 Å². The van der Waals surface area contributed by atoms with E-state index >= 15 is 0 Å². The molecule has 2 nitrogen and oxygen atoms in total. The normalized spacial score (nSPS) is 29.8. The van der Waals surface area contributed by atoms with Crippen molar-refractivity contribution in [2.75, 3.05) is 0 Å². The minimum atomic E-state index is -1.50. The molecule has 0 saturated carbocycles. The molecule has 0 aromatic carbocycles. The lowest BCUT2D eigenvalue weighted by Gasteiger charge is -2.18. The Kier molecular flexibility index (Phi) is 1.81. The molecule has 60 valence electrons. The number of hydrogen-bond donors (Lipinski definition) is 1. The number of carbonyl (C=O) groups is 1. The predicted octanol–water partition coefficient (Wildman–Crippen LogP) is 1.69. The molecule has 0 aromatic rings. The third kappa shape index (κ3) is 1.90. The lowest BCUT2D eigenvalue weighted by Crippen LogP contribution is -2.20. The molecule has 1 N–H and O–H groups in total. The highest BCUT2D eigenvalue weighted by atomic mass is 19.1. The Balaban J connectivity index is 2.81. The Morgan fingerprint density at radius 1 is 1.82 bits per heavy atom. The lowest BCUT2D eigenvalue weighted by molar-refractivity contribution is -0.133. The van der Waals surface area contributed by atoms with Gasteiger partial charge in [0.25, 0.3) is 0 Å². The van der Waals surface area contributed by atoms with Crippen LogP contribution in [0.1, 0.15) is 13.3 Å². The highest BCUT2D eigenvalue weighted by Crippen LogP contribution is 2.26. The second-order valence-corrected chi connectivity index (χ2v) is 2.81. The summed E-state index contributed by atoms with van der Waals surface area (Å²) in [5.74, 6) is -1.04. The van der Waals surface area contributed by atoms with E-state index in [4.69, 9.17) is 5.11 Å². The van der Waals surface area contributed by atoms with Gasteiger partial charge in [0.2, 0.25) is 0 Å². The van der Waals surface area contributed by atoms with Gasteiger partial charge in [0.1, 0.15) is 5.67 Å². The van der Waals surface area contributed by atoms with E-state index in [1.807, 2.05) is 0 Å². The van der Waals surface area contributed by atoms with Crippen LogP contribution in [0, 0.1) is 0 Å². The van der Waals surface area contributed by atoms with Crippen LogP contribution in [0.25, 0.3) is 0 Å². The van der Waals surface area contributed by atoms with E-state index in [0.29, 0.717) is 0 Å². The number of aliphatic carboxylic acids is 1. The highest BCUT2D eigenvalue weighted by molar-refractivity contribution is 5.87. The molecule has 0 aromatic heterocycles. The van der Waals surface area contributed by atoms with Gasteiger partial charge in [-0.15, -0.1) is 0 Å². The maximum absolute atomic E-state index is 13.1. The molecular formula is C8H9FO2. The largest absolute Gasteiger partial charge is 0.478 e. The van der Waals surface area contributed by atoms with Crippen LogP contribution >= 0.6 is 0 Å². The number of allylic oxidation sites excluding steroid dienone is 3. The fraction of sp³-hybridized carbons (Fsp3) is 0.375. The van der Waals surface area contributed by atoms with Crippen LogP contribution in [0.15, 0.2) is 23.8 Å². The average Bonchev–Trinajstić information content (AvgIpc) is 1.85. The van der Waals surface area contributed by atoms with Crippen molar-refractivity contribution in [1.82, 2.24) is 0 Å². The standard InChI is InChI=1S/C8H9FO2/c1-8(9)4-2-3-6(5-8)7(10)11/h2-4H,5H2,1H3,(H,10,11). The van der Waals surface area contributed by atoms with E-state index in [9.17, 15) is 9.18 Å². The Morgan fingerprint density at radius 2 is 2.45 bits per heavy atom. The molecule has 1 aliphatic carbocycles. The number of carboxylic acid groups (broad SMARTS) is 1. The quantitative estimate of drug-likeness (QED) is 0.627. The smallest absolute Gasteiger partial charge is 0.331 e. The van der Waals surface area contributed by atoms with Crippen LogP contribution < -0.4 is 0 Å². The number of hydrogen-bond acceptors (Lipinski definition) is 1. The summed E-state index contributed by atoms with van der Waals surface area (Å²) in [6.45, 7) is 1.36. The van der Waals surface area contributed by atoms with Gasteiger partial charge < -0.3 is 5.11 Å². The Morgan fingerprint density at radius 3 is 2.82 bits per heavy atom. The van der Waals surface area contributed by atoms with Crippen LogP contribution in [-0.2, 0) is 4.79 Å². The molecule has 1 unspecified atom stereocenters. The summed E-state index contributed by atoms with van der Waals surface area (Å²) in [7, 11) is 0. The summed E-state index contributed by atoms with van der Waals surface area (Å²) in [5.41, 5.74) is -1.37. The molecular weight excluding hydrogens is 147 g/mol. The molecule has 0 spiro atoms. The van der Waals surface area contributed by atoms with Gasteiger partial charge in [-0.2, -0.15) is 0 Å². The SMILES string of the molecule is CC1(F)C=CC=C(C(=O)O)C1. The molecule has 3 heteroatoms. The van der Waals surface area contributed by atoms with E-state index in [1.54, 1.807) is 0 Å². The zero-order valence-electron chi connectivity index (χ0n) is 6.17. The van der Waals surface area contributed by atoms with Crippen molar-refractivity contribution >= 4 is 5.97 Å². The van der Waals surface area contributed by atoms with Crippen molar-refractivity contribution in [2.24, 2.45) is 0 Å². The fourth-order valence-electron chi connectivity index (χ4n) is 1.00. The topological polar surface area (TPSA) is 37.3 Å². The van der Waals surface area contributed by atoms with E-state index in [1.165, 1.54) is 25.2 Å². The first-order valence-corrected chi connectivity index (χ1v) is 3.32. The fourth-order valence-corrected chi connectivity index (χ4v) is 1.00. The van der Waals surface area contributed by atoms with E-state index in [2.05, 4.69) is 0 Å². The van der Waals surface area contributed by atoms with Gasteiger partial charge in [-0.25, -0.2) is 9.18 Å². The molecule has 0 amide bonds. The van der Waals surface area contributed by atoms with Crippen LogP contribution in [0.4, 0.5) is 4.39 Å². The molecule has 11 heavy (non-hydrogen) atoms. The van der Waals surface area contributed by atoms with Gasteiger partial charge in [0.15, 0.2) is 0 Å². The molecule has 0 radical (unpaired) electrons. The summed E-state index contributed by atoms with van der Waals surface area (Å²) in [6, 6.07) is 0. The number of carboxylic acids is 1. The minimum Gasteiger partial charge on any atom is -0.478 e. The van der Waals surface area contributed by atoms with Crippen LogP contribution in [0.2, 0.25) is 0 Å². The van der Waals surface area contributed by atoms with Crippen molar-refractivity contribution in [3.8, 4) is 0 Å². The molecule has 1 rings (SSSR count). The first-order chi connectivity index (χ1) is 5.01. The summed E-state index contributed by atoms with van der Waals surface area (Å²) in [4.78, 5) is 10.4. The van der Waals surface area contributed by atoms with Gasteiger partial charge >= 0.3 is 5.97 Å². The predicted molar refractivity (Wildman–Crippen MR) is 39.0 cm³/mol. The minimum absolute atomic E-state index is 0.0428. The van der Waals surface area contributed by atoms with E-state index < -0.39 is 11.6 Å². The second-order valence-electron chi connectivity index (χ2n) is 2.81. The summed E-state index contributed by atoms with van der Waals surface area (Å²) in [6.07, 6.45) is 4.18. The molecule has 0 saturated heterocycles. The van der Waals surface area contributed by atoms with Crippen molar-refractivity contribution in [1.29, 1.82) is 0 Å². The Hall–Kier alpha value is -1.12. The van der Waals surface area contributed by atoms with Crippen LogP contribution in [-0.4, -0.2) is 16.7 Å². The first kappa shape index (κ1) is 7.98. The average molecular weight is 156 g/mol. The van der Waals surface area contributed by atoms with Crippen molar-refractivity contribution in [3.63, 3.8) is 0 Å². The van der Waals surface area contributed by atoms with Crippen molar-refractivity contribution in [3.05, 3.63) is 23.8 Å². The molecule has 1 aliphatic rings. The summed E-state index contributed by atoms with van der Waals surface area (Å²) in [5, 5.41) is 8.50. The Bertz CT molecular complexity index is 238. The highest BCUT2D eigenvalue weighted by Gasteiger charge is 2.26. The zero-order chi connectivity index (χ0) is 8.48. The van der Waals surface area contributed by atoms with Gasteiger partial charge in [-0.1, -0.05) is 12.2 Å². The third-order valence-corrected chi connectivity index (χ3v) is 1.55. The van der Waals surface area contributed by atoms with Gasteiger partial charge in [-0.05, 0) is 13.0 Å².